The molecule has 0 aromatic carbocycles. The molecule has 4 N–H and O–H groups in total. The molecule has 6 heteroatoms. The highest BCUT2D eigenvalue weighted by Crippen LogP contribution is 2.23. The number of thiol groups is 1. The summed E-state index contributed by atoms with van der Waals surface area (Å²) in [7, 11) is 0. The zero-order valence-corrected chi connectivity index (χ0v) is 7.13. The highest BCUT2D eigenvalue weighted by atomic mass is 32.1. The molecule has 1 rings (SSSR count). The second-order valence-corrected chi connectivity index (χ2v) is 3.32. The van der Waals surface area contributed by atoms with Gasteiger partial charge >= 0.3 is 0 Å². The third-order valence-electron chi connectivity index (χ3n) is 1.87. The van der Waals surface area contributed by atoms with Crippen molar-refractivity contribution in [3.8, 4) is 0 Å². The van der Waals surface area contributed by atoms with Gasteiger partial charge in [-0.3, -0.25) is 0 Å². The van der Waals surface area contributed by atoms with Crippen molar-refractivity contribution >= 4 is 12.6 Å². The third kappa shape index (κ3) is 1.73. The van der Waals surface area contributed by atoms with E-state index < -0.39 is 29.9 Å². The molecule has 5 nitrogen and oxygen atoms in total. The standard InChI is InChI=1S/C6H12O5S/c7-1-2-5(12)3(8)4(9)6(10)11-2/h2-10,12H,1H2/t2?,3?,4?,5-,6-/m0/s1. The van der Waals surface area contributed by atoms with Crippen LogP contribution in [-0.2, 0) is 4.74 Å². The van der Waals surface area contributed by atoms with E-state index >= 15 is 0 Å². The Labute approximate surface area is 75.0 Å². The highest BCUT2D eigenvalue weighted by molar-refractivity contribution is 7.81. The van der Waals surface area contributed by atoms with Gasteiger partial charge < -0.3 is 25.2 Å². The van der Waals surface area contributed by atoms with E-state index in [9.17, 15) is 5.11 Å². The molecule has 0 radical (unpaired) electrons. The predicted molar refractivity (Wildman–Crippen MR) is 42.8 cm³/mol. The minimum Gasteiger partial charge on any atom is -0.394 e. The van der Waals surface area contributed by atoms with Gasteiger partial charge in [0.15, 0.2) is 6.29 Å². The van der Waals surface area contributed by atoms with Crippen LogP contribution in [0.1, 0.15) is 0 Å². The van der Waals surface area contributed by atoms with Crippen molar-refractivity contribution in [3.05, 3.63) is 0 Å². The van der Waals surface area contributed by atoms with Crippen LogP contribution in [0.25, 0.3) is 0 Å². The van der Waals surface area contributed by atoms with Crippen LogP contribution in [0, 0.1) is 0 Å². The molecule has 0 aromatic rings. The maximum atomic E-state index is 9.24. The molecule has 1 saturated heterocycles. The van der Waals surface area contributed by atoms with Crippen molar-refractivity contribution in [2.24, 2.45) is 0 Å². The fraction of sp³-hybridized carbons (Fsp3) is 1.00. The first-order chi connectivity index (χ1) is 5.57. The van der Waals surface area contributed by atoms with Gasteiger partial charge in [-0.2, -0.15) is 12.6 Å². The molecular formula is C6H12O5S. The molecule has 1 fully saturated rings. The Morgan fingerprint density at radius 2 is 1.75 bits per heavy atom. The van der Waals surface area contributed by atoms with Crippen molar-refractivity contribution < 1.29 is 25.2 Å². The van der Waals surface area contributed by atoms with E-state index in [2.05, 4.69) is 12.6 Å². The second kappa shape index (κ2) is 3.91. The molecule has 0 bridgehead atoms. The number of aliphatic hydroxyl groups is 4. The Morgan fingerprint density at radius 1 is 1.17 bits per heavy atom. The largest absolute Gasteiger partial charge is 0.394 e. The van der Waals surface area contributed by atoms with Gasteiger partial charge in [-0.1, -0.05) is 0 Å². The molecule has 3 unspecified atom stereocenters. The molecule has 0 aromatic heterocycles. The first-order valence-corrected chi connectivity index (χ1v) is 4.08. The number of aliphatic hydroxyl groups excluding tert-OH is 4. The Bertz CT molecular complexity index is 150. The summed E-state index contributed by atoms with van der Waals surface area (Å²) in [5, 5.41) is 35.3. The quantitative estimate of drug-likeness (QED) is 0.305. The second-order valence-electron chi connectivity index (χ2n) is 2.72. The third-order valence-corrected chi connectivity index (χ3v) is 2.51. The summed E-state index contributed by atoms with van der Waals surface area (Å²) in [5.41, 5.74) is 0. The van der Waals surface area contributed by atoms with Crippen LogP contribution >= 0.6 is 12.6 Å². The van der Waals surface area contributed by atoms with Gasteiger partial charge in [-0.25, -0.2) is 0 Å². The van der Waals surface area contributed by atoms with Crippen molar-refractivity contribution in [1.82, 2.24) is 0 Å². The van der Waals surface area contributed by atoms with Crippen molar-refractivity contribution in [3.63, 3.8) is 0 Å². The van der Waals surface area contributed by atoms with Crippen molar-refractivity contribution in [2.45, 2.75) is 29.9 Å². The minimum absolute atomic E-state index is 0.352. The molecule has 12 heavy (non-hydrogen) atoms. The first kappa shape index (κ1) is 10.2. The van der Waals surface area contributed by atoms with E-state index in [-0.39, 0.29) is 6.61 Å². The van der Waals surface area contributed by atoms with Crippen LogP contribution in [0.5, 0.6) is 0 Å². The van der Waals surface area contributed by atoms with Crippen molar-refractivity contribution in [2.75, 3.05) is 6.61 Å². The number of hydrogen-bond donors (Lipinski definition) is 5. The average Bonchev–Trinajstić information content (AvgIpc) is 2.08. The molecule has 1 heterocycles. The lowest BCUT2D eigenvalue weighted by molar-refractivity contribution is -0.248. The van der Waals surface area contributed by atoms with Crippen LogP contribution in [0.4, 0.5) is 0 Å². The SMILES string of the molecule is OCC1O[C@H](O)C(O)C(O)[C@H]1S. The smallest absolute Gasteiger partial charge is 0.183 e. The number of ether oxygens (including phenoxy) is 1. The molecule has 0 spiro atoms. The maximum Gasteiger partial charge on any atom is 0.183 e. The molecule has 0 saturated carbocycles. The number of hydrogen-bond acceptors (Lipinski definition) is 6. The maximum absolute atomic E-state index is 9.24. The summed E-state index contributed by atoms with van der Waals surface area (Å²) >= 11 is 3.93. The molecule has 1 aliphatic heterocycles. The van der Waals surface area contributed by atoms with E-state index in [0.29, 0.717) is 0 Å². The lowest BCUT2D eigenvalue weighted by Gasteiger charge is -2.37. The fourth-order valence-corrected chi connectivity index (χ4v) is 1.42. The zero-order chi connectivity index (χ0) is 9.30. The highest BCUT2D eigenvalue weighted by Gasteiger charge is 2.41. The Balaban J connectivity index is 2.63. The van der Waals surface area contributed by atoms with E-state index in [1.807, 2.05) is 0 Å². The van der Waals surface area contributed by atoms with Crippen LogP contribution in [0.2, 0.25) is 0 Å². The number of rotatable bonds is 1. The van der Waals surface area contributed by atoms with Crippen LogP contribution < -0.4 is 0 Å². The van der Waals surface area contributed by atoms with Gasteiger partial charge in [0.25, 0.3) is 0 Å². The zero-order valence-electron chi connectivity index (χ0n) is 6.24. The van der Waals surface area contributed by atoms with E-state index in [1.54, 1.807) is 0 Å². The van der Waals surface area contributed by atoms with Gasteiger partial charge in [-0.15, -0.1) is 0 Å². The van der Waals surface area contributed by atoms with Gasteiger partial charge in [-0.05, 0) is 0 Å². The van der Waals surface area contributed by atoms with E-state index in [0.717, 1.165) is 0 Å². The summed E-state index contributed by atoms with van der Waals surface area (Å²) in [6.45, 7) is -0.352. The molecule has 0 aliphatic carbocycles. The molecule has 0 amide bonds. The first-order valence-electron chi connectivity index (χ1n) is 3.56. The lowest BCUT2D eigenvalue weighted by atomic mass is 10.0. The van der Waals surface area contributed by atoms with E-state index in [1.165, 1.54) is 0 Å². The fourth-order valence-electron chi connectivity index (χ4n) is 1.08. The summed E-state index contributed by atoms with van der Waals surface area (Å²) in [5.74, 6) is 0. The van der Waals surface area contributed by atoms with Gasteiger partial charge in [0.2, 0.25) is 0 Å². The predicted octanol–water partition coefficient (Wildman–Crippen LogP) is -2.28. The Hall–Kier alpha value is 0.150. The molecule has 5 atom stereocenters. The molecule has 72 valence electrons. The summed E-state index contributed by atoms with van der Waals surface area (Å²) < 4.78 is 4.75. The molecule has 1 aliphatic rings. The summed E-state index contributed by atoms with van der Waals surface area (Å²) in [6, 6.07) is 0. The molecular weight excluding hydrogens is 184 g/mol. The van der Waals surface area contributed by atoms with Crippen LogP contribution in [0.3, 0.4) is 0 Å². The minimum atomic E-state index is -1.46. The van der Waals surface area contributed by atoms with Crippen molar-refractivity contribution in [1.29, 1.82) is 0 Å². The van der Waals surface area contributed by atoms with Crippen LogP contribution in [0.15, 0.2) is 0 Å². The van der Waals surface area contributed by atoms with Gasteiger partial charge in [0.1, 0.15) is 6.10 Å². The monoisotopic (exact) mass is 196 g/mol. The van der Waals surface area contributed by atoms with E-state index in [4.69, 9.17) is 20.1 Å². The Morgan fingerprint density at radius 3 is 2.25 bits per heavy atom. The average molecular weight is 196 g/mol. The topological polar surface area (TPSA) is 90.2 Å². The Kier molecular flexibility index (Phi) is 3.33. The normalized spacial score (nSPS) is 49.2. The van der Waals surface area contributed by atoms with Gasteiger partial charge in [0.05, 0.1) is 24.1 Å². The lowest BCUT2D eigenvalue weighted by Crippen LogP contribution is -2.56. The van der Waals surface area contributed by atoms with Crippen LogP contribution in [-0.4, -0.2) is 56.9 Å². The van der Waals surface area contributed by atoms with Gasteiger partial charge in [0, 0.05) is 0 Å². The summed E-state index contributed by atoms with van der Waals surface area (Å²) in [4.78, 5) is 0. The summed E-state index contributed by atoms with van der Waals surface area (Å²) in [6.07, 6.45) is -4.76.